The summed E-state index contributed by atoms with van der Waals surface area (Å²) < 4.78 is 0. The molecule has 0 aliphatic heterocycles. The molecule has 142 valence electrons. The van der Waals surface area contributed by atoms with E-state index >= 15 is 0 Å². The van der Waals surface area contributed by atoms with Crippen LogP contribution in [-0.2, 0) is 6.42 Å². The number of carbonyl (C=O) groups is 1. The zero-order valence-corrected chi connectivity index (χ0v) is 15.6. The van der Waals surface area contributed by atoms with Gasteiger partial charge >= 0.3 is 5.69 Å². The number of rotatable bonds is 6. The number of nitro benzene ring substituents is 1. The summed E-state index contributed by atoms with van der Waals surface area (Å²) in [5.41, 5.74) is 4.65. The number of nitro groups is 1. The molecule has 3 aromatic rings. The fraction of sp³-hybridized carbons (Fsp3) is 0.105. The van der Waals surface area contributed by atoms with E-state index in [4.69, 9.17) is 0 Å². The molecule has 0 spiro atoms. The average Bonchev–Trinajstić information content (AvgIpc) is 3.19. The molecule has 8 nitrogen and oxygen atoms in total. The molecule has 0 bridgehead atoms. The zero-order chi connectivity index (χ0) is 20.1. The van der Waals surface area contributed by atoms with Crippen molar-refractivity contribution in [1.29, 1.82) is 0 Å². The normalized spacial score (nSPS) is 10.9. The van der Waals surface area contributed by atoms with Gasteiger partial charge in [0.05, 0.1) is 11.1 Å². The van der Waals surface area contributed by atoms with Crippen molar-refractivity contribution in [2.24, 2.45) is 5.10 Å². The van der Waals surface area contributed by atoms with E-state index in [2.05, 4.69) is 22.4 Å². The molecule has 0 fully saturated rings. The molecule has 0 radical (unpaired) electrons. The molecule has 0 unspecified atom stereocenters. The number of nitrogens with zero attached hydrogens (tertiary/aromatic N) is 3. The third-order valence-corrected chi connectivity index (χ3v) is 4.81. The summed E-state index contributed by atoms with van der Waals surface area (Å²) >= 11 is 1.35. The minimum absolute atomic E-state index is 0.230. The van der Waals surface area contributed by atoms with Crippen molar-refractivity contribution in [3.05, 3.63) is 74.8 Å². The predicted molar refractivity (Wildman–Crippen MR) is 107 cm³/mol. The standard InChI is InChI=1S/C19H16N4O4S/c1-2-12-3-6-14(7-4-12)19-21-15(11-28-19)18(25)22-20-10-13-5-8-17(24)16(9-13)23(26)27/h3-11,24H,2H2,1H3,(H,22,25)/b20-10-. The number of aromatic hydroxyl groups is 1. The van der Waals surface area contributed by atoms with Gasteiger partial charge in [-0.3, -0.25) is 14.9 Å². The second kappa shape index (κ2) is 8.40. The molecule has 0 aliphatic carbocycles. The number of hydrogen-bond donors (Lipinski definition) is 2. The first-order valence-corrected chi connectivity index (χ1v) is 9.21. The first kappa shape index (κ1) is 19.2. The van der Waals surface area contributed by atoms with Crippen LogP contribution in [0.5, 0.6) is 5.75 Å². The Hall–Kier alpha value is -3.59. The van der Waals surface area contributed by atoms with Crippen LogP contribution in [-0.4, -0.2) is 27.1 Å². The highest BCUT2D eigenvalue weighted by Crippen LogP contribution is 2.26. The van der Waals surface area contributed by atoms with Crippen molar-refractivity contribution in [1.82, 2.24) is 10.4 Å². The highest BCUT2D eigenvalue weighted by atomic mass is 32.1. The molecule has 0 aliphatic rings. The number of aryl methyl sites for hydroxylation is 1. The lowest BCUT2D eigenvalue weighted by Crippen LogP contribution is -2.17. The molecule has 2 aromatic carbocycles. The van der Waals surface area contributed by atoms with Crippen LogP contribution in [0.3, 0.4) is 0 Å². The Morgan fingerprint density at radius 1 is 1.32 bits per heavy atom. The van der Waals surface area contributed by atoms with Gasteiger partial charge in [0.1, 0.15) is 10.7 Å². The van der Waals surface area contributed by atoms with Gasteiger partial charge in [-0.25, -0.2) is 10.4 Å². The lowest BCUT2D eigenvalue weighted by atomic mass is 10.1. The molecule has 1 heterocycles. The Morgan fingerprint density at radius 2 is 2.07 bits per heavy atom. The Morgan fingerprint density at radius 3 is 2.75 bits per heavy atom. The number of benzene rings is 2. The maximum atomic E-state index is 12.2. The number of carbonyl (C=O) groups excluding carboxylic acids is 1. The van der Waals surface area contributed by atoms with Crippen molar-refractivity contribution in [3.63, 3.8) is 0 Å². The van der Waals surface area contributed by atoms with Gasteiger partial charge in [0.15, 0.2) is 5.75 Å². The number of hydrazone groups is 1. The molecule has 0 saturated carbocycles. The van der Waals surface area contributed by atoms with Crippen molar-refractivity contribution < 1.29 is 14.8 Å². The van der Waals surface area contributed by atoms with E-state index in [0.29, 0.717) is 5.56 Å². The SMILES string of the molecule is CCc1ccc(-c2nc(C(=O)N/N=C\c3ccc(O)c([N+](=O)[O-])c3)cs2)cc1. The number of hydrogen-bond acceptors (Lipinski definition) is 7. The number of aromatic nitrogens is 1. The first-order chi connectivity index (χ1) is 13.5. The Balaban J connectivity index is 1.67. The largest absolute Gasteiger partial charge is 0.502 e. The molecule has 0 saturated heterocycles. The molecule has 0 atom stereocenters. The summed E-state index contributed by atoms with van der Waals surface area (Å²) in [6.07, 6.45) is 2.20. The summed E-state index contributed by atoms with van der Waals surface area (Å²) in [7, 11) is 0. The Labute approximate surface area is 164 Å². The van der Waals surface area contributed by atoms with Crippen LogP contribution in [0, 0.1) is 10.1 Å². The van der Waals surface area contributed by atoms with Gasteiger partial charge in [-0.15, -0.1) is 11.3 Å². The van der Waals surface area contributed by atoms with Crippen LogP contribution in [0.4, 0.5) is 5.69 Å². The first-order valence-electron chi connectivity index (χ1n) is 8.33. The number of amides is 1. The lowest BCUT2D eigenvalue weighted by Gasteiger charge is -1.99. The van der Waals surface area contributed by atoms with Gasteiger partial charge in [0.2, 0.25) is 0 Å². The summed E-state index contributed by atoms with van der Waals surface area (Å²) in [5.74, 6) is -0.926. The van der Waals surface area contributed by atoms with Crippen molar-refractivity contribution in [2.75, 3.05) is 0 Å². The van der Waals surface area contributed by atoms with Gasteiger partial charge in [-0.2, -0.15) is 5.10 Å². The molecule has 9 heteroatoms. The molecule has 1 aromatic heterocycles. The molecule has 2 N–H and O–H groups in total. The van der Waals surface area contributed by atoms with E-state index in [-0.39, 0.29) is 5.69 Å². The fourth-order valence-corrected chi connectivity index (χ4v) is 3.19. The summed E-state index contributed by atoms with van der Waals surface area (Å²) in [6, 6.07) is 11.8. The Bertz CT molecular complexity index is 1040. The topological polar surface area (TPSA) is 118 Å². The second-order valence-corrected chi connectivity index (χ2v) is 6.65. The highest BCUT2D eigenvalue weighted by Gasteiger charge is 2.13. The fourth-order valence-electron chi connectivity index (χ4n) is 2.38. The minimum Gasteiger partial charge on any atom is -0.502 e. The number of thiazole rings is 1. The third-order valence-electron chi connectivity index (χ3n) is 3.92. The van der Waals surface area contributed by atoms with Crippen LogP contribution in [0.2, 0.25) is 0 Å². The van der Waals surface area contributed by atoms with Crippen LogP contribution >= 0.6 is 11.3 Å². The van der Waals surface area contributed by atoms with Crippen LogP contribution in [0.1, 0.15) is 28.5 Å². The summed E-state index contributed by atoms with van der Waals surface area (Å²) in [6.45, 7) is 2.08. The van der Waals surface area contributed by atoms with E-state index in [1.807, 2.05) is 24.3 Å². The second-order valence-electron chi connectivity index (χ2n) is 5.79. The van der Waals surface area contributed by atoms with Gasteiger partial charge in [-0.1, -0.05) is 31.2 Å². The van der Waals surface area contributed by atoms with Crippen LogP contribution < -0.4 is 5.43 Å². The van der Waals surface area contributed by atoms with Gasteiger partial charge in [0, 0.05) is 22.6 Å². The number of phenolic OH excluding ortho intramolecular Hbond substituents is 1. The van der Waals surface area contributed by atoms with E-state index in [9.17, 15) is 20.0 Å². The van der Waals surface area contributed by atoms with Crippen molar-refractivity contribution in [2.45, 2.75) is 13.3 Å². The lowest BCUT2D eigenvalue weighted by molar-refractivity contribution is -0.385. The third kappa shape index (κ3) is 4.38. The van der Waals surface area contributed by atoms with E-state index in [1.54, 1.807) is 5.38 Å². The number of phenols is 1. The summed E-state index contributed by atoms with van der Waals surface area (Å²) in [4.78, 5) is 26.6. The zero-order valence-electron chi connectivity index (χ0n) is 14.8. The van der Waals surface area contributed by atoms with Gasteiger partial charge in [0.25, 0.3) is 5.91 Å². The quantitative estimate of drug-likeness (QED) is 0.374. The minimum atomic E-state index is -0.699. The summed E-state index contributed by atoms with van der Waals surface area (Å²) in [5, 5.41) is 26.4. The Kier molecular flexibility index (Phi) is 5.75. The highest BCUT2D eigenvalue weighted by molar-refractivity contribution is 7.13. The maximum absolute atomic E-state index is 12.2. The smallest absolute Gasteiger partial charge is 0.311 e. The monoisotopic (exact) mass is 396 g/mol. The van der Waals surface area contributed by atoms with Crippen molar-refractivity contribution >= 4 is 29.1 Å². The van der Waals surface area contributed by atoms with Gasteiger partial charge in [-0.05, 0) is 24.1 Å². The average molecular weight is 396 g/mol. The van der Waals surface area contributed by atoms with E-state index in [0.717, 1.165) is 23.1 Å². The number of nitrogens with one attached hydrogen (secondary N) is 1. The molecule has 28 heavy (non-hydrogen) atoms. The van der Waals surface area contributed by atoms with Crippen LogP contribution in [0.15, 0.2) is 52.9 Å². The molecule has 3 rings (SSSR count). The van der Waals surface area contributed by atoms with Gasteiger partial charge < -0.3 is 5.11 Å². The maximum Gasteiger partial charge on any atom is 0.311 e. The van der Waals surface area contributed by atoms with Crippen molar-refractivity contribution in [3.8, 4) is 16.3 Å². The molecule has 1 amide bonds. The van der Waals surface area contributed by atoms with E-state index in [1.165, 1.54) is 35.2 Å². The van der Waals surface area contributed by atoms with E-state index < -0.39 is 22.3 Å². The molecular weight excluding hydrogens is 380 g/mol. The molecular formula is C19H16N4O4S. The predicted octanol–water partition coefficient (Wildman–Crippen LogP) is 3.75. The van der Waals surface area contributed by atoms with Crippen LogP contribution in [0.25, 0.3) is 10.6 Å².